The van der Waals surface area contributed by atoms with E-state index in [0.717, 1.165) is 0 Å². The zero-order valence-corrected chi connectivity index (χ0v) is 11.3. The van der Waals surface area contributed by atoms with E-state index in [0.29, 0.717) is 12.2 Å². The van der Waals surface area contributed by atoms with Gasteiger partial charge in [0, 0.05) is 18.5 Å². The predicted molar refractivity (Wildman–Crippen MR) is 71.9 cm³/mol. The minimum atomic E-state index is -0.558. The second-order valence-corrected chi connectivity index (χ2v) is 5.11. The summed E-state index contributed by atoms with van der Waals surface area (Å²) in [5.41, 5.74) is 0.0354. The Bertz CT molecular complexity index is 468. The summed E-state index contributed by atoms with van der Waals surface area (Å²) >= 11 is 0. The Morgan fingerprint density at radius 3 is 2.74 bits per heavy atom. The van der Waals surface area contributed by atoms with E-state index in [2.05, 4.69) is 15.6 Å². The maximum Gasteiger partial charge on any atom is 0.386 e. The molecule has 0 radical (unpaired) electrons. The maximum atomic E-state index is 11.6. The molecule has 0 fully saturated rings. The highest BCUT2D eigenvalue weighted by Gasteiger charge is 2.15. The molecular formula is C12H18N4O3. The first-order chi connectivity index (χ1) is 8.79. The zero-order chi connectivity index (χ0) is 14.5. The highest BCUT2D eigenvalue weighted by atomic mass is 16.6. The van der Waals surface area contributed by atoms with Crippen molar-refractivity contribution in [3.63, 3.8) is 0 Å². The molecule has 104 valence electrons. The van der Waals surface area contributed by atoms with Crippen molar-refractivity contribution in [2.45, 2.75) is 32.7 Å². The number of nitro groups is 1. The van der Waals surface area contributed by atoms with Crippen molar-refractivity contribution < 1.29 is 9.72 Å². The van der Waals surface area contributed by atoms with Gasteiger partial charge in [0.1, 0.15) is 11.9 Å². The summed E-state index contributed by atoms with van der Waals surface area (Å²) in [4.78, 5) is 25.4. The number of rotatable bonds is 5. The molecule has 0 aliphatic carbocycles. The number of carbonyl (C=O) groups excluding carboxylic acids is 1. The van der Waals surface area contributed by atoms with Crippen LogP contribution < -0.4 is 10.6 Å². The Hall–Kier alpha value is -2.18. The van der Waals surface area contributed by atoms with Crippen LogP contribution in [0.2, 0.25) is 0 Å². The Labute approximate surface area is 111 Å². The lowest BCUT2D eigenvalue weighted by atomic mass is 10.1. The fourth-order valence-corrected chi connectivity index (χ4v) is 1.47. The first-order valence-electron chi connectivity index (χ1n) is 5.94. The van der Waals surface area contributed by atoms with Gasteiger partial charge in [0.25, 0.3) is 0 Å². The number of nitrogens with one attached hydrogen (secondary N) is 2. The van der Waals surface area contributed by atoms with E-state index in [1.54, 1.807) is 12.1 Å². The number of nitrogens with zero attached hydrogens (tertiary/aromatic N) is 2. The summed E-state index contributed by atoms with van der Waals surface area (Å²) < 4.78 is 0. The fraction of sp³-hybridized carbons (Fsp3) is 0.500. The van der Waals surface area contributed by atoms with Crippen LogP contribution in [0.3, 0.4) is 0 Å². The summed E-state index contributed by atoms with van der Waals surface area (Å²) in [6, 6.07) is 3.16. The third-order valence-corrected chi connectivity index (χ3v) is 2.14. The van der Waals surface area contributed by atoms with Crippen molar-refractivity contribution in [1.29, 1.82) is 0 Å². The van der Waals surface area contributed by atoms with Gasteiger partial charge in [-0.2, -0.15) is 0 Å². The van der Waals surface area contributed by atoms with E-state index in [4.69, 9.17) is 0 Å². The number of carbonyl (C=O) groups is 1. The van der Waals surface area contributed by atoms with Gasteiger partial charge < -0.3 is 20.7 Å². The van der Waals surface area contributed by atoms with Crippen LogP contribution in [-0.4, -0.2) is 27.9 Å². The second-order valence-electron chi connectivity index (χ2n) is 5.11. The lowest BCUT2D eigenvalue weighted by Gasteiger charge is -2.20. The van der Waals surface area contributed by atoms with Crippen molar-refractivity contribution >= 4 is 17.4 Å². The van der Waals surface area contributed by atoms with Gasteiger partial charge in [0.15, 0.2) is 0 Å². The van der Waals surface area contributed by atoms with Crippen LogP contribution in [0.5, 0.6) is 0 Å². The van der Waals surface area contributed by atoms with Crippen LogP contribution in [-0.2, 0) is 4.79 Å². The van der Waals surface area contributed by atoms with Gasteiger partial charge in [-0.25, -0.2) is 0 Å². The van der Waals surface area contributed by atoms with E-state index >= 15 is 0 Å². The van der Waals surface area contributed by atoms with Crippen LogP contribution in [0, 0.1) is 10.1 Å². The van der Waals surface area contributed by atoms with E-state index in [1.165, 1.54) is 6.20 Å². The monoisotopic (exact) mass is 266 g/mol. The summed E-state index contributed by atoms with van der Waals surface area (Å²) in [5.74, 6) is -0.342. The van der Waals surface area contributed by atoms with E-state index in [9.17, 15) is 14.9 Å². The molecule has 19 heavy (non-hydrogen) atoms. The lowest BCUT2D eigenvalue weighted by Crippen LogP contribution is -2.41. The molecule has 1 amide bonds. The molecule has 0 aliphatic heterocycles. The molecule has 7 nitrogen and oxygen atoms in total. The largest absolute Gasteiger partial charge is 0.386 e. The third-order valence-electron chi connectivity index (χ3n) is 2.14. The van der Waals surface area contributed by atoms with Gasteiger partial charge in [0.2, 0.25) is 5.91 Å². The van der Waals surface area contributed by atoms with Crippen LogP contribution in [0.25, 0.3) is 0 Å². The normalized spacial score (nSPS) is 10.9. The average molecular weight is 266 g/mol. The molecule has 0 aliphatic rings. The molecule has 0 saturated carbocycles. The summed E-state index contributed by atoms with van der Waals surface area (Å²) in [7, 11) is 0. The SMILES string of the molecule is CC(C)(C)NC(=O)CCNc1cccnc1[N+](=O)[O-]. The van der Waals surface area contributed by atoms with Gasteiger partial charge in [0.05, 0.1) is 0 Å². The van der Waals surface area contributed by atoms with Crippen LogP contribution in [0.15, 0.2) is 18.3 Å². The first-order valence-corrected chi connectivity index (χ1v) is 5.94. The number of hydrogen-bond donors (Lipinski definition) is 2. The highest BCUT2D eigenvalue weighted by molar-refractivity contribution is 5.77. The van der Waals surface area contributed by atoms with E-state index in [1.807, 2.05) is 20.8 Å². The van der Waals surface area contributed by atoms with Gasteiger partial charge >= 0.3 is 5.82 Å². The number of aromatic nitrogens is 1. The molecule has 0 atom stereocenters. The van der Waals surface area contributed by atoms with E-state index < -0.39 is 4.92 Å². The quantitative estimate of drug-likeness (QED) is 0.624. The van der Waals surface area contributed by atoms with Gasteiger partial charge in [-0.15, -0.1) is 0 Å². The molecule has 0 saturated heterocycles. The van der Waals surface area contributed by atoms with Crippen molar-refractivity contribution in [3.8, 4) is 0 Å². The van der Waals surface area contributed by atoms with Crippen molar-refractivity contribution in [3.05, 3.63) is 28.4 Å². The number of pyridine rings is 1. The molecule has 0 spiro atoms. The van der Waals surface area contributed by atoms with Gasteiger partial charge in [-0.05, 0) is 42.8 Å². The second kappa shape index (κ2) is 6.12. The summed E-state index contributed by atoms with van der Waals surface area (Å²) in [6.07, 6.45) is 1.60. The maximum absolute atomic E-state index is 11.6. The van der Waals surface area contributed by atoms with Crippen LogP contribution in [0.1, 0.15) is 27.2 Å². The Morgan fingerprint density at radius 2 is 2.16 bits per heavy atom. The molecule has 1 rings (SSSR count). The average Bonchev–Trinajstić information content (AvgIpc) is 2.27. The minimum absolute atomic E-state index is 0.105. The molecule has 1 aromatic rings. The van der Waals surface area contributed by atoms with Gasteiger partial charge in [-0.1, -0.05) is 0 Å². The van der Waals surface area contributed by atoms with E-state index in [-0.39, 0.29) is 23.7 Å². The highest BCUT2D eigenvalue weighted by Crippen LogP contribution is 2.19. The zero-order valence-electron chi connectivity index (χ0n) is 11.3. The number of amides is 1. The molecule has 2 N–H and O–H groups in total. The third kappa shape index (κ3) is 5.33. The molecule has 1 aromatic heterocycles. The molecular weight excluding hydrogens is 248 g/mol. The molecule has 0 aromatic carbocycles. The molecule has 1 heterocycles. The Balaban J connectivity index is 2.50. The standard InChI is InChI=1S/C12H18N4O3/c1-12(2,3)15-10(17)6-8-13-9-5-4-7-14-11(9)16(18)19/h4-5,7,13H,6,8H2,1-3H3,(H,15,17). The number of hydrogen-bond acceptors (Lipinski definition) is 5. The van der Waals surface area contributed by atoms with Gasteiger partial charge in [-0.3, -0.25) is 4.79 Å². The summed E-state index contributed by atoms with van der Waals surface area (Å²) in [5, 5.41) is 16.4. The van der Waals surface area contributed by atoms with Crippen LogP contribution in [0.4, 0.5) is 11.5 Å². The van der Waals surface area contributed by atoms with Crippen molar-refractivity contribution in [2.24, 2.45) is 0 Å². The number of anilines is 1. The van der Waals surface area contributed by atoms with Crippen LogP contribution >= 0.6 is 0 Å². The lowest BCUT2D eigenvalue weighted by molar-refractivity contribution is -0.388. The smallest absolute Gasteiger partial charge is 0.378 e. The molecule has 7 heteroatoms. The van der Waals surface area contributed by atoms with Crippen molar-refractivity contribution in [2.75, 3.05) is 11.9 Å². The van der Waals surface area contributed by atoms with Crippen molar-refractivity contribution in [1.82, 2.24) is 10.3 Å². The Morgan fingerprint density at radius 1 is 1.47 bits per heavy atom. The first kappa shape index (κ1) is 14.9. The Kier molecular flexibility index (Phi) is 4.80. The predicted octanol–water partition coefficient (Wildman–Crippen LogP) is 1.71. The fourth-order valence-electron chi connectivity index (χ4n) is 1.47. The molecule has 0 unspecified atom stereocenters. The minimum Gasteiger partial charge on any atom is -0.378 e. The molecule has 0 bridgehead atoms. The topological polar surface area (TPSA) is 97.2 Å². The summed E-state index contributed by atoms with van der Waals surface area (Å²) in [6.45, 7) is 5.99.